The summed E-state index contributed by atoms with van der Waals surface area (Å²) in [4.78, 5) is 3.88. The van der Waals surface area contributed by atoms with Crippen LogP contribution in [-0.4, -0.2) is 12.1 Å². The number of ether oxygens (including phenoxy) is 1. The summed E-state index contributed by atoms with van der Waals surface area (Å²) in [5.74, 6) is 0.569. The van der Waals surface area contributed by atoms with Gasteiger partial charge in [-0.3, -0.25) is 4.98 Å². The van der Waals surface area contributed by atoms with Gasteiger partial charge < -0.3 is 4.74 Å². The van der Waals surface area contributed by atoms with Crippen molar-refractivity contribution in [2.75, 3.05) is 7.11 Å². The summed E-state index contributed by atoms with van der Waals surface area (Å²) in [5, 5.41) is 0.584. The van der Waals surface area contributed by atoms with Crippen LogP contribution in [0.1, 0.15) is 5.56 Å². The maximum atomic E-state index is 5.69. The molecule has 0 N–H and O–H groups in total. The first-order chi connectivity index (χ1) is 5.24. The number of methoxy groups -OCH3 is 1. The van der Waals surface area contributed by atoms with Crippen molar-refractivity contribution < 1.29 is 4.74 Å². The lowest BCUT2D eigenvalue weighted by Crippen LogP contribution is -1.85. The highest BCUT2D eigenvalue weighted by atomic mass is 35.5. The molecule has 0 atom stereocenters. The number of hydrogen-bond donors (Lipinski definition) is 0. The van der Waals surface area contributed by atoms with E-state index in [-0.39, 0.29) is 0 Å². The predicted octanol–water partition coefficient (Wildman–Crippen LogP) is 2.35. The molecular weight excluding hydrogens is 162 g/mol. The van der Waals surface area contributed by atoms with Crippen molar-refractivity contribution in [1.82, 2.24) is 4.98 Å². The molecule has 1 heterocycles. The van der Waals surface area contributed by atoms with E-state index in [0.29, 0.717) is 10.8 Å². The molecule has 0 spiro atoms. The van der Waals surface area contributed by atoms with Gasteiger partial charge in [0.25, 0.3) is 0 Å². The Bertz CT molecular complexity index is 273. The largest absolute Gasteiger partial charge is 0.497 e. The van der Waals surface area contributed by atoms with Gasteiger partial charge in [0.15, 0.2) is 0 Å². The Kier molecular flexibility index (Phi) is 2.49. The highest BCUT2D eigenvalue weighted by molar-refractivity contribution is 6.30. The molecule has 0 amide bonds. The molecule has 0 saturated carbocycles. The van der Waals surface area contributed by atoms with Crippen LogP contribution in [0.5, 0.6) is 0 Å². The monoisotopic (exact) mass is 169 g/mol. The Balaban J connectivity index is 2.96. The number of pyridine rings is 1. The lowest BCUT2D eigenvalue weighted by Gasteiger charge is -2.02. The van der Waals surface area contributed by atoms with Gasteiger partial charge in [-0.15, -0.1) is 0 Å². The second-order valence-electron chi connectivity index (χ2n) is 2.02. The average molecular weight is 170 g/mol. The van der Waals surface area contributed by atoms with Crippen molar-refractivity contribution in [1.29, 1.82) is 0 Å². The Labute approximate surface area is 70.5 Å². The minimum atomic E-state index is 0.569. The smallest absolute Gasteiger partial charge is 0.120 e. The van der Waals surface area contributed by atoms with E-state index >= 15 is 0 Å². The number of nitrogens with zero attached hydrogens (tertiary/aromatic N) is 1. The van der Waals surface area contributed by atoms with Crippen LogP contribution in [0.2, 0.25) is 5.02 Å². The van der Waals surface area contributed by atoms with Crippen LogP contribution in [0.4, 0.5) is 0 Å². The SMILES string of the molecule is C=C(OC)c1cncc(Cl)c1. The first kappa shape index (κ1) is 8.08. The molecule has 58 valence electrons. The topological polar surface area (TPSA) is 22.1 Å². The van der Waals surface area contributed by atoms with E-state index in [0.717, 1.165) is 5.56 Å². The van der Waals surface area contributed by atoms with Crippen molar-refractivity contribution in [3.8, 4) is 0 Å². The van der Waals surface area contributed by atoms with Crippen LogP contribution in [0.15, 0.2) is 25.0 Å². The molecule has 0 aromatic carbocycles. The zero-order chi connectivity index (χ0) is 8.27. The first-order valence-electron chi connectivity index (χ1n) is 3.08. The Morgan fingerprint density at radius 1 is 1.64 bits per heavy atom. The van der Waals surface area contributed by atoms with Crippen molar-refractivity contribution in [2.45, 2.75) is 0 Å². The lowest BCUT2D eigenvalue weighted by molar-refractivity contribution is 0.371. The minimum Gasteiger partial charge on any atom is -0.497 e. The van der Waals surface area contributed by atoms with Gasteiger partial charge >= 0.3 is 0 Å². The van der Waals surface area contributed by atoms with E-state index < -0.39 is 0 Å². The fourth-order valence-electron chi connectivity index (χ4n) is 0.682. The average Bonchev–Trinajstić information content (AvgIpc) is 2.03. The van der Waals surface area contributed by atoms with Crippen molar-refractivity contribution in [2.24, 2.45) is 0 Å². The van der Waals surface area contributed by atoms with Crippen LogP contribution < -0.4 is 0 Å². The minimum absolute atomic E-state index is 0.569. The molecule has 1 rings (SSSR count). The summed E-state index contributed by atoms with van der Waals surface area (Å²) >= 11 is 5.69. The van der Waals surface area contributed by atoms with Crippen LogP contribution in [0, 0.1) is 0 Å². The molecule has 0 bridgehead atoms. The summed E-state index contributed by atoms with van der Waals surface area (Å²) in [6.45, 7) is 3.66. The van der Waals surface area contributed by atoms with Gasteiger partial charge in [-0.1, -0.05) is 18.2 Å². The number of hydrogen-bond acceptors (Lipinski definition) is 2. The van der Waals surface area contributed by atoms with E-state index in [9.17, 15) is 0 Å². The fourth-order valence-corrected chi connectivity index (χ4v) is 0.856. The highest BCUT2D eigenvalue weighted by Gasteiger charge is 1.97. The summed E-state index contributed by atoms with van der Waals surface area (Å²) < 4.78 is 4.90. The van der Waals surface area contributed by atoms with Crippen molar-refractivity contribution in [3.05, 3.63) is 35.6 Å². The first-order valence-corrected chi connectivity index (χ1v) is 3.45. The summed E-state index contributed by atoms with van der Waals surface area (Å²) in [6.07, 6.45) is 3.21. The molecule has 0 radical (unpaired) electrons. The Hall–Kier alpha value is -1.02. The zero-order valence-electron chi connectivity index (χ0n) is 6.17. The van der Waals surface area contributed by atoms with Crippen molar-refractivity contribution >= 4 is 17.4 Å². The third kappa shape index (κ3) is 1.95. The molecule has 3 heteroatoms. The molecule has 0 saturated heterocycles. The van der Waals surface area contributed by atoms with Gasteiger partial charge in [0.05, 0.1) is 12.1 Å². The molecule has 0 aliphatic carbocycles. The second-order valence-corrected chi connectivity index (χ2v) is 2.46. The normalized spacial score (nSPS) is 9.27. The van der Waals surface area contributed by atoms with Crippen LogP contribution in [0.3, 0.4) is 0 Å². The molecule has 2 nitrogen and oxygen atoms in total. The number of aromatic nitrogens is 1. The molecular formula is C8H8ClNO. The number of rotatable bonds is 2. The molecule has 0 aliphatic rings. The van der Waals surface area contributed by atoms with E-state index in [2.05, 4.69) is 11.6 Å². The van der Waals surface area contributed by atoms with E-state index in [4.69, 9.17) is 16.3 Å². The van der Waals surface area contributed by atoms with Gasteiger partial charge in [0, 0.05) is 18.0 Å². The number of halogens is 1. The van der Waals surface area contributed by atoms with Gasteiger partial charge in [0.2, 0.25) is 0 Å². The molecule has 0 unspecified atom stereocenters. The molecule has 11 heavy (non-hydrogen) atoms. The van der Waals surface area contributed by atoms with E-state index in [1.165, 1.54) is 0 Å². The quantitative estimate of drug-likeness (QED) is 0.634. The second kappa shape index (κ2) is 3.39. The summed E-state index contributed by atoms with van der Waals surface area (Å²) in [7, 11) is 1.56. The Morgan fingerprint density at radius 3 is 2.91 bits per heavy atom. The van der Waals surface area contributed by atoms with Crippen LogP contribution in [-0.2, 0) is 4.74 Å². The van der Waals surface area contributed by atoms with Crippen LogP contribution >= 0.6 is 11.6 Å². The molecule has 1 aromatic rings. The summed E-state index contributed by atoms with van der Waals surface area (Å²) in [6, 6.07) is 1.75. The van der Waals surface area contributed by atoms with E-state index in [1.54, 1.807) is 25.6 Å². The highest BCUT2D eigenvalue weighted by Crippen LogP contribution is 2.15. The predicted molar refractivity (Wildman–Crippen MR) is 45.3 cm³/mol. The van der Waals surface area contributed by atoms with Gasteiger partial charge in [-0.2, -0.15) is 0 Å². The molecule has 0 fully saturated rings. The van der Waals surface area contributed by atoms with Gasteiger partial charge in [0.1, 0.15) is 5.76 Å². The summed E-state index contributed by atoms with van der Waals surface area (Å²) in [5.41, 5.74) is 0.806. The van der Waals surface area contributed by atoms with Crippen LogP contribution in [0.25, 0.3) is 5.76 Å². The lowest BCUT2D eigenvalue weighted by atomic mass is 10.2. The maximum Gasteiger partial charge on any atom is 0.120 e. The molecule has 0 aliphatic heterocycles. The van der Waals surface area contributed by atoms with Crippen molar-refractivity contribution in [3.63, 3.8) is 0 Å². The standard InChI is InChI=1S/C8H8ClNO/c1-6(11-2)7-3-8(9)5-10-4-7/h3-5H,1H2,2H3. The third-order valence-corrected chi connectivity index (χ3v) is 1.48. The Morgan fingerprint density at radius 2 is 2.36 bits per heavy atom. The zero-order valence-corrected chi connectivity index (χ0v) is 6.93. The van der Waals surface area contributed by atoms with Gasteiger partial charge in [-0.05, 0) is 6.07 Å². The van der Waals surface area contributed by atoms with Gasteiger partial charge in [-0.25, -0.2) is 0 Å². The fraction of sp³-hybridized carbons (Fsp3) is 0.125. The van der Waals surface area contributed by atoms with E-state index in [1.807, 2.05) is 0 Å². The molecule has 1 aromatic heterocycles. The maximum absolute atomic E-state index is 5.69. The third-order valence-electron chi connectivity index (χ3n) is 1.27.